The molecule has 0 unspecified atom stereocenters. The highest BCUT2D eigenvalue weighted by atomic mass is 35.5. The summed E-state index contributed by atoms with van der Waals surface area (Å²) in [5.41, 5.74) is 7.71. The molecule has 0 aliphatic heterocycles. The quantitative estimate of drug-likeness (QED) is 0.686. The summed E-state index contributed by atoms with van der Waals surface area (Å²) in [7, 11) is 0. The van der Waals surface area contributed by atoms with Crippen molar-refractivity contribution < 1.29 is 9.53 Å². The fourth-order valence-corrected chi connectivity index (χ4v) is 2.14. The highest BCUT2D eigenvalue weighted by Crippen LogP contribution is 2.34. The van der Waals surface area contributed by atoms with Gasteiger partial charge in [0.1, 0.15) is 12.9 Å². The topological polar surface area (TPSA) is 52.3 Å². The summed E-state index contributed by atoms with van der Waals surface area (Å²) in [4.78, 5) is 10.5. The van der Waals surface area contributed by atoms with Gasteiger partial charge in [-0.25, -0.2) is 0 Å². The third kappa shape index (κ3) is 3.40. The summed E-state index contributed by atoms with van der Waals surface area (Å²) >= 11 is 11.8. The van der Waals surface area contributed by atoms with E-state index in [0.29, 0.717) is 33.7 Å². The van der Waals surface area contributed by atoms with Gasteiger partial charge in [-0.3, -0.25) is 4.79 Å². The maximum absolute atomic E-state index is 10.5. The number of nitrogens with two attached hydrogens (primary N) is 1. The lowest BCUT2D eigenvalue weighted by Gasteiger charge is -2.11. The average Bonchev–Trinajstić information content (AvgIpc) is 2.38. The van der Waals surface area contributed by atoms with Crippen LogP contribution >= 0.6 is 23.2 Å². The van der Waals surface area contributed by atoms with Gasteiger partial charge < -0.3 is 10.5 Å². The summed E-state index contributed by atoms with van der Waals surface area (Å²) in [5.74, 6) is 0.408. The van der Waals surface area contributed by atoms with Gasteiger partial charge >= 0.3 is 0 Å². The minimum absolute atomic E-state index is 0.310. The SMILES string of the molecule is Nc1cc(Cl)cc(Cl)c1OCc1ccc(C=O)cc1. The number of rotatable bonds is 4. The predicted molar refractivity (Wildman–Crippen MR) is 77.0 cm³/mol. The monoisotopic (exact) mass is 295 g/mol. The minimum Gasteiger partial charge on any atom is -0.485 e. The molecule has 19 heavy (non-hydrogen) atoms. The normalized spacial score (nSPS) is 10.2. The lowest BCUT2D eigenvalue weighted by Crippen LogP contribution is -1.99. The smallest absolute Gasteiger partial charge is 0.161 e. The molecule has 0 aromatic heterocycles. The molecule has 0 amide bonds. The fourth-order valence-electron chi connectivity index (χ4n) is 1.58. The van der Waals surface area contributed by atoms with Gasteiger partial charge in [0.15, 0.2) is 5.75 Å². The second-order valence-corrected chi connectivity index (χ2v) is 4.80. The molecule has 0 heterocycles. The maximum atomic E-state index is 10.5. The number of anilines is 1. The molecule has 0 bridgehead atoms. The van der Waals surface area contributed by atoms with E-state index in [-0.39, 0.29) is 0 Å². The van der Waals surface area contributed by atoms with Gasteiger partial charge in [0.2, 0.25) is 0 Å². The van der Waals surface area contributed by atoms with Crippen molar-refractivity contribution in [2.24, 2.45) is 0 Å². The van der Waals surface area contributed by atoms with E-state index in [1.807, 2.05) is 12.1 Å². The Labute approximate surface area is 120 Å². The largest absolute Gasteiger partial charge is 0.485 e. The molecule has 2 rings (SSSR count). The highest BCUT2D eigenvalue weighted by Gasteiger charge is 2.08. The van der Waals surface area contributed by atoms with Crippen molar-refractivity contribution in [3.05, 3.63) is 57.6 Å². The van der Waals surface area contributed by atoms with Crippen molar-refractivity contribution in [2.75, 3.05) is 5.73 Å². The number of carbonyl (C=O) groups excluding carboxylic acids is 1. The number of nitrogen functional groups attached to an aromatic ring is 1. The van der Waals surface area contributed by atoms with E-state index in [9.17, 15) is 4.79 Å². The first kappa shape index (κ1) is 13.7. The zero-order valence-corrected chi connectivity index (χ0v) is 11.4. The molecule has 0 aliphatic carbocycles. The van der Waals surface area contributed by atoms with E-state index in [1.54, 1.807) is 24.3 Å². The third-order valence-corrected chi connectivity index (χ3v) is 3.04. The summed E-state index contributed by atoms with van der Waals surface area (Å²) < 4.78 is 5.58. The molecular formula is C14H11Cl2NO2. The third-order valence-electron chi connectivity index (χ3n) is 2.54. The first-order valence-electron chi connectivity index (χ1n) is 5.51. The van der Waals surface area contributed by atoms with Gasteiger partial charge in [-0.15, -0.1) is 0 Å². The van der Waals surface area contributed by atoms with Crippen molar-refractivity contribution in [1.29, 1.82) is 0 Å². The fraction of sp³-hybridized carbons (Fsp3) is 0.0714. The molecule has 2 N–H and O–H groups in total. The minimum atomic E-state index is 0.310. The molecule has 98 valence electrons. The van der Waals surface area contributed by atoms with Gasteiger partial charge in [-0.1, -0.05) is 47.5 Å². The van der Waals surface area contributed by atoms with Gasteiger partial charge in [0.25, 0.3) is 0 Å². The zero-order valence-electron chi connectivity index (χ0n) is 9.90. The first-order valence-corrected chi connectivity index (χ1v) is 6.27. The zero-order chi connectivity index (χ0) is 13.8. The van der Waals surface area contributed by atoms with E-state index in [1.165, 1.54) is 0 Å². The Hall–Kier alpha value is -1.71. The van der Waals surface area contributed by atoms with Crippen molar-refractivity contribution in [2.45, 2.75) is 6.61 Å². The summed E-state index contributed by atoms with van der Waals surface area (Å²) in [6.07, 6.45) is 0.790. The summed E-state index contributed by atoms with van der Waals surface area (Å²) in [6, 6.07) is 10.2. The van der Waals surface area contributed by atoms with E-state index in [2.05, 4.69) is 0 Å². The second-order valence-electron chi connectivity index (χ2n) is 3.95. The number of ether oxygens (including phenoxy) is 1. The Morgan fingerprint density at radius 3 is 2.42 bits per heavy atom. The molecule has 0 saturated heterocycles. The Kier molecular flexibility index (Phi) is 4.30. The Morgan fingerprint density at radius 1 is 1.16 bits per heavy atom. The van der Waals surface area contributed by atoms with Crippen molar-refractivity contribution >= 4 is 35.2 Å². The molecule has 0 radical (unpaired) electrons. The molecule has 0 saturated carbocycles. The van der Waals surface area contributed by atoms with Crippen LogP contribution in [0.25, 0.3) is 0 Å². The van der Waals surface area contributed by atoms with Crippen LogP contribution in [0.2, 0.25) is 10.0 Å². The van der Waals surface area contributed by atoms with Crippen molar-refractivity contribution in [1.82, 2.24) is 0 Å². The van der Waals surface area contributed by atoms with E-state index < -0.39 is 0 Å². The Bertz CT molecular complexity index is 574. The van der Waals surface area contributed by atoms with Crippen LogP contribution in [-0.4, -0.2) is 6.29 Å². The predicted octanol–water partition coefficient (Wildman–Crippen LogP) is 3.97. The van der Waals surface area contributed by atoms with E-state index in [4.69, 9.17) is 33.7 Å². The van der Waals surface area contributed by atoms with Gasteiger partial charge in [0.05, 0.1) is 10.7 Å². The van der Waals surface area contributed by atoms with Crippen LogP contribution < -0.4 is 10.5 Å². The molecule has 2 aromatic carbocycles. The van der Waals surface area contributed by atoms with Crippen LogP contribution in [0.15, 0.2) is 36.4 Å². The summed E-state index contributed by atoms with van der Waals surface area (Å²) in [6.45, 7) is 0.310. The van der Waals surface area contributed by atoms with Gasteiger partial charge in [0, 0.05) is 10.6 Å². The molecule has 2 aromatic rings. The molecular weight excluding hydrogens is 285 g/mol. The highest BCUT2D eigenvalue weighted by molar-refractivity contribution is 6.36. The lowest BCUT2D eigenvalue weighted by atomic mass is 10.1. The van der Waals surface area contributed by atoms with E-state index in [0.717, 1.165) is 11.8 Å². The Morgan fingerprint density at radius 2 is 1.84 bits per heavy atom. The van der Waals surface area contributed by atoms with Crippen LogP contribution in [0.4, 0.5) is 5.69 Å². The van der Waals surface area contributed by atoms with Crippen LogP contribution in [0.3, 0.4) is 0 Å². The van der Waals surface area contributed by atoms with Crippen molar-refractivity contribution in [3.8, 4) is 5.75 Å². The second kappa shape index (κ2) is 5.95. The number of hydrogen-bond donors (Lipinski definition) is 1. The molecule has 0 spiro atoms. The average molecular weight is 296 g/mol. The molecule has 5 heteroatoms. The first-order chi connectivity index (χ1) is 9.10. The van der Waals surface area contributed by atoms with Crippen LogP contribution in [-0.2, 0) is 6.61 Å². The van der Waals surface area contributed by atoms with Gasteiger partial charge in [-0.2, -0.15) is 0 Å². The van der Waals surface area contributed by atoms with Crippen LogP contribution in [0.5, 0.6) is 5.75 Å². The summed E-state index contributed by atoms with van der Waals surface area (Å²) in [5, 5.41) is 0.833. The number of carbonyl (C=O) groups is 1. The molecule has 0 fully saturated rings. The Balaban J connectivity index is 2.12. The number of hydrogen-bond acceptors (Lipinski definition) is 3. The van der Waals surface area contributed by atoms with Crippen molar-refractivity contribution in [3.63, 3.8) is 0 Å². The maximum Gasteiger partial charge on any atom is 0.161 e. The number of benzene rings is 2. The van der Waals surface area contributed by atoms with Gasteiger partial charge in [-0.05, 0) is 17.7 Å². The lowest BCUT2D eigenvalue weighted by molar-refractivity contribution is 0.112. The molecule has 0 aliphatic rings. The van der Waals surface area contributed by atoms with E-state index >= 15 is 0 Å². The molecule has 0 atom stereocenters. The van der Waals surface area contributed by atoms with Crippen LogP contribution in [0.1, 0.15) is 15.9 Å². The number of halogens is 2. The standard InChI is InChI=1S/C14H11Cl2NO2/c15-11-5-12(16)14(13(17)6-11)19-8-10-3-1-9(7-18)2-4-10/h1-7H,8,17H2. The van der Waals surface area contributed by atoms with Crippen LogP contribution in [0, 0.1) is 0 Å². The number of aldehydes is 1. The molecule has 3 nitrogen and oxygen atoms in total.